The minimum atomic E-state index is -0.823. The van der Waals surface area contributed by atoms with Gasteiger partial charge in [0.05, 0.1) is 26.4 Å². The number of anilines is 1. The number of amides is 1. The highest BCUT2D eigenvalue weighted by molar-refractivity contribution is 6.03. The molecule has 0 spiro atoms. The molecule has 2 aliphatic rings. The van der Waals surface area contributed by atoms with Crippen LogP contribution in [-0.4, -0.2) is 46.5 Å². The lowest BCUT2D eigenvalue weighted by Crippen LogP contribution is -2.53. The van der Waals surface area contributed by atoms with Crippen LogP contribution >= 0.6 is 0 Å². The normalized spacial score (nSPS) is 23.3. The maximum absolute atomic E-state index is 13.2. The summed E-state index contributed by atoms with van der Waals surface area (Å²) in [6.07, 6.45) is 0.287. The molecule has 2 bridgehead atoms. The van der Waals surface area contributed by atoms with Crippen LogP contribution in [0.2, 0.25) is 0 Å². The van der Waals surface area contributed by atoms with Crippen molar-refractivity contribution < 1.29 is 23.7 Å². The van der Waals surface area contributed by atoms with Gasteiger partial charge in [-0.25, -0.2) is 4.79 Å². The van der Waals surface area contributed by atoms with Crippen molar-refractivity contribution in [1.82, 2.24) is 9.55 Å². The Morgan fingerprint density at radius 2 is 1.59 bits per heavy atom. The summed E-state index contributed by atoms with van der Waals surface area (Å²) in [6, 6.07) is 30.1. The second-order valence-corrected chi connectivity index (χ2v) is 10.2. The summed E-state index contributed by atoms with van der Waals surface area (Å²) < 4.78 is 26.8. The van der Waals surface area contributed by atoms with Gasteiger partial charge in [0.1, 0.15) is 23.6 Å². The summed E-state index contributed by atoms with van der Waals surface area (Å²) in [6.45, 7) is 1.49. The fourth-order valence-electron chi connectivity index (χ4n) is 5.34. The third-order valence-corrected chi connectivity index (χ3v) is 7.40. The Balaban J connectivity index is 1.23. The highest BCUT2D eigenvalue weighted by atomic mass is 16.6. The average molecular weight is 554 g/mol. The number of nitrogens with zero attached hydrogens (tertiary/aromatic N) is 2. The number of rotatable bonds is 10. The first-order valence-corrected chi connectivity index (χ1v) is 13.6. The number of ether oxygens (including phenoxy) is 4. The fraction of sp³-hybridized carbons (Fsp3) is 0.281. The van der Waals surface area contributed by atoms with Crippen LogP contribution in [0.5, 0.6) is 0 Å². The Morgan fingerprint density at radius 1 is 0.927 bits per heavy atom. The second kappa shape index (κ2) is 12.2. The van der Waals surface area contributed by atoms with E-state index in [0.29, 0.717) is 31.8 Å². The van der Waals surface area contributed by atoms with Gasteiger partial charge in [0.2, 0.25) is 0 Å². The predicted molar refractivity (Wildman–Crippen MR) is 151 cm³/mol. The highest BCUT2D eigenvalue weighted by Crippen LogP contribution is 2.46. The van der Waals surface area contributed by atoms with Crippen LogP contribution in [0.25, 0.3) is 0 Å². The number of carbonyl (C=O) groups is 1. The zero-order chi connectivity index (χ0) is 28.1. The Labute approximate surface area is 237 Å². The molecule has 2 aliphatic heterocycles. The van der Waals surface area contributed by atoms with Crippen LogP contribution in [0.1, 0.15) is 34.1 Å². The summed E-state index contributed by atoms with van der Waals surface area (Å²) in [5.41, 5.74) is 1.15. The molecule has 9 nitrogen and oxygen atoms in total. The monoisotopic (exact) mass is 553 g/mol. The van der Waals surface area contributed by atoms with Gasteiger partial charge >= 0.3 is 5.69 Å². The third kappa shape index (κ3) is 5.98. The number of nitrogens with one attached hydrogen (secondary N) is 1. The van der Waals surface area contributed by atoms with Gasteiger partial charge in [-0.3, -0.25) is 9.36 Å². The van der Waals surface area contributed by atoms with Crippen LogP contribution in [-0.2, 0) is 32.2 Å². The summed E-state index contributed by atoms with van der Waals surface area (Å²) in [4.78, 5) is 29.9. The van der Waals surface area contributed by atoms with Gasteiger partial charge in [0.25, 0.3) is 5.91 Å². The van der Waals surface area contributed by atoms with Gasteiger partial charge in [-0.05, 0) is 29.3 Å². The summed E-state index contributed by atoms with van der Waals surface area (Å²) >= 11 is 0. The molecule has 1 aromatic heterocycles. The lowest BCUT2D eigenvalue weighted by Gasteiger charge is -2.38. The Hall–Kier alpha value is -4.15. The van der Waals surface area contributed by atoms with E-state index in [1.54, 1.807) is 36.5 Å². The minimum absolute atomic E-state index is 0.153. The SMILES string of the molecule is O=C(Nc1ccn([C@@H]2O[C@@]3(COCc4ccccc4)CCOC2C3OCc2ccccc2)c(=O)n1)c1ccccc1. The lowest BCUT2D eigenvalue weighted by molar-refractivity contribution is -0.178. The van der Waals surface area contributed by atoms with Crippen molar-refractivity contribution in [1.29, 1.82) is 0 Å². The van der Waals surface area contributed by atoms with Crippen molar-refractivity contribution in [3.05, 3.63) is 130 Å². The first-order valence-electron chi connectivity index (χ1n) is 13.6. The molecule has 2 unspecified atom stereocenters. The van der Waals surface area contributed by atoms with E-state index in [1.807, 2.05) is 66.7 Å². The molecular weight excluding hydrogens is 522 g/mol. The van der Waals surface area contributed by atoms with Crippen molar-refractivity contribution in [3.8, 4) is 0 Å². The van der Waals surface area contributed by atoms with Crippen LogP contribution in [0.15, 0.2) is 108 Å². The van der Waals surface area contributed by atoms with Crippen LogP contribution in [0.4, 0.5) is 5.82 Å². The first kappa shape index (κ1) is 27.0. The van der Waals surface area contributed by atoms with E-state index in [4.69, 9.17) is 18.9 Å². The molecule has 3 heterocycles. The number of fused-ring (bicyclic) bond motifs is 2. The Bertz CT molecular complexity index is 1510. The highest BCUT2D eigenvalue weighted by Gasteiger charge is 2.60. The summed E-state index contributed by atoms with van der Waals surface area (Å²) in [7, 11) is 0. The molecule has 6 rings (SSSR count). The smallest absolute Gasteiger partial charge is 0.351 e. The standard InChI is InChI=1S/C32H31N3O6/c36-29(25-14-8-3-9-15-25)33-26-16-18-35(31(37)34-26)30-27-28(40-21-24-12-6-2-7-13-24)32(41-30,17-19-39-27)22-38-20-23-10-4-1-5-11-23/h1-16,18,27-28,30H,17,19-22H2,(H,33,34,36,37)/t27?,28?,30-,32-/m1/s1. The predicted octanol–water partition coefficient (Wildman–Crippen LogP) is 4.35. The van der Waals surface area contributed by atoms with Crippen molar-refractivity contribution >= 4 is 11.7 Å². The molecule has 210 valence electrons. The first-order chi connectivity index (χ1) is 20.1. The third-order valence-electron chi connectivity index (χ3n) is 7.40. The molecule has 1 amide bonds. The number of carbonyl (C=O) groups excluding carboxylic acids is 1. The van der Waals surface area contributed by atoms with Crippen LogP contribution in [0, 0.1) is 0 Å². The van der Waals surface area contributed by atoms with Crippen molar-refractivity contribution in [2.75, 3.05) is 18.5 Å². The maximum Gasteiger partial charge on any atom is 0.351 e. The Kier molecular flexibility index (Phi) is 8.02. The largest absolute Gasteiger partial charge is 0.374 e. The quantitative estimate of drug-likeness (QED) is 0.312. The molecule has 0 radical (unpaired) electrons. The topological polar surface area (TPSA) is 101 Å². The van der Waals surface area contributed by atoms with Crippen molar-refractivity contribution in [2.24, 2.45) is 0 Å². The van der Waals surface area contributed by atoms with Gasteiger partial charge in [0.15, 0.2) is 6.23 Å². The molecule has 9 heteroatoms. The second-order valence-electron chi connectivity index (χ2n) is 10.2. The van der Waals surface area contributed by atoms with E-state index < -0.39 is 29.7 Å². The van der Waals surface area contributed by atoms with E-state index >= 15 is 0 Å². The summed E-state index contributed by atoms with van der Waals surface area (Å²) in [5.74, 6) is -0.199. The molecule has 2 fully saturated rings. The van der Waals surface area contributed by atoms with E-state index in [1.165, 1.54) is 4.57 Å². The number of aromatic nitrogens is 2. The van der Waals surface area contributed by atoms with Crippen molar-refractivity contribution in [2.45, 2.75) is 43.7 Å². The number of benzene rings is 3. The summed E-state index contributed by atoms with van der Waals surface area (Å²) in [5, 5.41) is 2.68. The van der Waals surface area contributed by atoms with Crippen LogP contribution < -0.4 is 11.0 Å². The van der Waals surface area contributed by atoms with Crippen LogP contribution in [0.3, 0.4) is 0 Å². The van der Waals surface area contributed by atoms with Gasteiger partial charge in [-0.2, -0.15) is 4.98 Å². The molecule has 4 atom stereocenters. The van der Waals surface area contributed by atoms with Gasteiger partial charge in [-0.15, -0.1) is 0 Å². The fourth-order valence-corrected chi connectivity index (χ4v) is 5.34. The number of hydrogen-bond acceptors (Lipinski definition) is 7. The molecule has 0 saturated carbocycles. The van der Waals surface area contributed by atoms with E-state index in [0.717, 1.165) is 11.1 Å². The van der Waals surface area contributed by atoms with Gasteiger partial charge in [-0.1, -0.05) is 78.9 Å². The van der Waals surface area contributed by atoms with Gasteiger partial charge in [0, 0.05) is 18.2 Å². The Morgan fingerprint density at radius 3 is 2.27 bits per heavy atom. The molecular formula is C32H31N3O6. The zero-order valence-electron chi connectivity index (χ0n) is 22.4. The minimum Gasteiger partial charge on any atom is -0.374 e. The molecule has 41 heavy (non-hydrogen) atoms. The molecule has 2 saturated heterocycles. The lowest BCUT2D eigenvalue weighted by atomic mass is 9.90. The van der Waals surface area contributed by atoms with E-state index in [-0.39, 0.29) is 18.3 Å². The molecule has 4 aromatic rings. The van der Waals surface area contributed by atoms with Gasteiger partial charge < -0.3 is 24.3 Å². The number of hydrogen-bond donors (Lipinski definition) is 1. The van der Waals surface area contributed by atoms with E-state index in [2.05, 4.69) is 10.3 Å². The van der Waals surface area contributed by atoms with Crippen molar-refractivity contribution in [3.63, 3.8) is 0 Å². The van der Waals surface area contributed by atoms with E-state index in [9.17, 15) is 9.59 Å². The molecule has 0 aliphatic carbocycles. The maximum atomic E-state index is 13.2. The zero-order valence-corrected chi connectivity index (χ0v) is 22.4. The molecule has 1 N–H and O–H groups in total. The average Bonchev–Trinajstić information content (AvgIpc) is 3.17. The molecule has 3 aromatic carbocycles.